The molecule has 2 N–H and O–H groups in total. The van der Waals surface area contributed by atoms with E-state index in [1.165, 1.54) is 12.0 Å². The van der Waals surface area contributed by atoms with Crippen molar-refractivity contribution in [3.63, 3.8) is 0 Å². The van der Waals surface area contributed by atoms with E-state index >= 15 is 0 Å². The number of para-hydroxylation sites is 1. The number of hydrogen-bond acceptors (Lipinski definition) is 4. The van der Waals surface area contributed by atoms with Crippen LogP contribution in [-0.4, -0.2) is 50.8 Å². The summed E-state index contributed by atoms with van der Waals surface area (Å²) in [5.41, 5.74) is 0.838. The number of quaternary nitrogens is 1. The number of ether oxygens (including phenoxy) is 2. The van der Waals surface area contributed by atoms with Crippen LogP contribution in [0.25, 0.3) is 0 Å². The minimum absolute atomic E-state index is 0.118. The second kappa shape index (κ2) is 7.38. The van der Waals surface area contributed by atoms with E-state index < -0.39 is 5.97 Å². The van der Waals surface area contributed by atoms with Crippen LogP contribution < -0.4 is 10.2 Å². The Morgan fingerprint density at radius 1 is 1.27 bits per heavy atom. The van der Waals surface area contributed by atoms with E-state index in [9.17, 15) is 9.59 Å². The molecule has 2 rings (SSSR count). The summed E-state index contributed by atoms with van der Waals surface area (Å²) >= 11 is 0. The van der Waals surface area contributed by atoms with Crippen molar-refractivity contribution in [2.75, 3.05) is 32.1 Å². The standard InChI is InChI=1S/C16H22N2O4/c1-11-8-18(9-12(2)22-11)10-15(19)17-14-7-5-4-6-13(14)16(20)21-3/h4-7,11-12H,8-10H2,1-3H3,(H,17,19)/p+1/t11-,12-/m0/s1. The Hall–Kier alpha value is -1.92. The van der Waals surface area contributed by atoms with Gasteiger partial charge < -0.3 is 19.7 Å². The van der Waals surface area contributed by atoms with Crippen molar-refractivity contribution in [2.45, 2.75) is 26.1 Å². The molecule has 0 spiro atoms. The largest absolute Gasteiger partial charge is 0.465 e. The second-order valence-corrected chi connectivity index (χ2v) is 5.68. The third-order valence-corrected chi connectivity index (χ3v) is 3.63. The Balaban J connectivity index is 1.99. The van der Waals surface area contributed by atoms with Crippen LogP contribution in [0.4, 0.5) is 5.69 Å². The Labute approximate surface area is 130 Å². The summed E-state index contributed by atoms with van der Waals surface area (Å²) < 4.78 is 10.4. The zero-order valence-corrected chi connectivity index (χ0v) is 13.2. The van der Waals surface area contributed by atoms with Gasteiger partial charge >= 0.3 is 5.97 Å². The summed E-state index contributed by atoms with van der Waals surface area (Å²) in [5.74, 6) is -0.579. The topological polar surface area (TPSA) is 69.1 Å². The van der Waals surface area contributed by atoms with Gasteiger partial charge in [-0.05, 0) is 26.0 Å². The summed E-state index contributed by atoms with van der Waals surface area (Å²) in [5, 5.41) is 2.80. The number of morpholine rings is 1. The predicted molar refractivity (Wildman–Crippen MR) is 82.0 cm³/mol. The van der Waals surface area contributed by atoms with Crippen LogP contribution in [-0.2, 0) is 14.3 Å². The molecule has 120 valence electrons. The smallest absolute Gasteiger partial charge is 0.339 e. The van der Waals surface area contributed by atoms with Crippen LogP contribution in [0.15, 0.2) is 24.3 Å². The van der Waals surface area contributed by atoms with Gasteiger partial charge in [0.15, 0.2) is 6.54 Å². The van der Waals surface area contributed by atoms with Crippen molar-refractivity contribution < 1.29 is 24.0 Å². The average Bonchev–Trinajstić information content (AvgIpc) is 2.45. The van der Waals surface area contributed by atoms with Gasteiger partial charge in [0.05, 0.1) is 18.4 Å². The van der Waals surface area contributed by atoms with Gasteiger partial charge in [-0.2, -0.15) is 0 Å². The van der Waals surface area contributed by atoms with Gasteiger partial charge in [0, 0.05) is 0 Å². The molecule has 6 heteroatoms. The number of carbonyl (C=O) groups excluding carboxylic acids is 2. The number of anilines is 1. The fourth-order valence-electron chi connectivity index (χ4n) is 2.84. The first-order valence-electron chi connectivity index (χ1n) is 7.45. The number of rotatable bonds is 4. The van der Waals surface area contributed by atoms with Crippen LogP contribution in [0.3, 0.4) is 0 Å². The molecule has 1 aliphatic heterocycles. The maximum atomic E-state index is 12.2. The van der Waals surface area contributed by atoms with Crippen molar-refractivity contribution in [3.05, 3.63) is 29.8 Å². The summed E-state index contributed by atoms with van der Waals surface area (Å²) in [6.07, 6.45) is 0.294. The molecule has 1 amide bonds. The fraction of sp³-hybridized carbons (Fsp3) is 0.500. The Morgan fingerprint density at radius 2 is 1.91 bits per heavy atom. The molecule has 1 heterocycles. The first-order valence-corrected chi connectivity index (χ1v) is 7.45. The molecule has 1 aromatic rings. The fourth-order valence-corrected chi connectivity index (χ4v) is 2.84. The molecule has 0 bridgehead atoms. The van der Waals surface area contributed by atoms with Crippen molar-refractivity contribution in [1.29, 1.82) is 0 Å². The van der Waals surface area contributed by atoms with Crippen molar-refractivity contribution in [2.24, 2.45) is 0 Å². The zero-order chi connectivity index (χ0) is 16.1. The van der Waals surface area contributed by atoms with Gasteiger partial charge in [0.25, 0.3) is 5.91 Å². The molecule has 2 atom stereocenters. The van der Waals surface area contributed by atoms with E-state index in [-0.39, 0.29) is 18.1 Å². The summed E-state index contributed by atoms with van der Waals surface area (Å²) in [6.45, 7) is 5.99. The van der Waals surface area contributed by atoms with Crippen molar-refractivity contribution in [1.82, 2.24) is 0 Å². The number of esters is 1. The van der Waals surface area contributed by atoms with Gasteiger partial charge in [-0.15, -0.1) is 0 Å². The monoisotopic (exact) mass is 307 g/mol. The van der Waals surface area contributed by atoms with Gasteiger partial charge in [-0.25, -0.2) is 4.79 Å². The average molecular weight is 307 g/mol. The zero-order valence-electron chi connectivity index (χ0n) is 13.2. The summed E-state index contributed by atoms with van der Waals surface area (Å²) in [4.78, 5) is 25.1. The normalized spacial score (nSPS) is 24.6. The minimum atomic E-state index is -0.461. The first kappa shape index (κ1) is 16.5. The highest BCUT2D eigenvalue weighted by Crippen LogP contribution is 2.15. The van der Waals surface area contributed by atoms with E-state index in [0.29, 0.717) is 17.8 Å². The molecule has 0 radical (unpaired) electrons. The number of nitrogens with one attached hydrogen (secondary N) is 2. The Kier molecular flexibility index (Phi) is 5.51. The highest BCUT2D eigenvalue weighted by molar-refractivity contribution is 6.01. The lowest BCUT2D eigenvalue weighted by Gasteiger charge is -2.31. The number of benzene rings is 1. The summed E-state index contributed by atoms with van der Waals surface area (Å²) in [6, 6.07) is 6.84. The lowest BCUT2D eigenvalue weighted by Crippen LogP contribution is -3.16. The molecule has 22 heavy (non-hydrogen) atoms. The second-order valence-electron chi connectivity index (χ2n) is 5.68. The molecule has 1 aromatic carbocycles. The van der Waals surface area contributed by atoms with E-state index in [1.807, 2.05) is 13.8 Å². The van der Waals surface area contributed by atoms with Crippen LogP contribution in [0.5, 0.6) is 0 Å². The van der Waals surface area contributed by atoms with Crippen LogP contribution >= 0.6 is 0 Å². The van der Waals surface area contributed by atoms with Gasteiger partial charge in [-0.1, -0.05) is 12.1 Å². The first-order chi connectivity index (χ1) is 10.5. The molecule has 1 fully saturated rings. The molecular formula is C16H23N2O4+. The molecule has 0 saturated carbocycles. The summed E-state index contributed by atoms with van der Waals surface area (Å²) in [7, 11) is 1.32. The molecule has 1 aliphatic rings. The van der Waals surface area contributed by atoms with Gasteiger partial charge in [0.1, 0.15) is 25.3 Å². The lowest BCUT2D eigenvalue weighted by molar-refractivity contribution is -0.907. The van der Waals surface area contributed by atoms with Crippen LogP contribution in [0.1, 0.15) is 24.2 Å². The van der Waals surface area contributed by atoms with Gasteiger partial charge in [-0.3, -0.25) is 4.79 Å². The number of hydrogen-bond donors (Lipinski definition) is 2. The molecule has 1 saturated heterocycles. The van der Waals surface area contributed by atoms with Crippen LogP contribution in [0.2, 0.25) is 0 Å². The van der Waals surface area contributed by atoms with Crippen LogP contribution in [0, 0.1) is 0 Å². The van der Waals surface area contributed by atoms with Crippen molar-refractivity contribution in [3.8, 4) is 0 Å². The third kappa shape index (κ3) is 4.29. The van der Waals surface area contributed by atoms with E-state index in [4.69, 9.17) is 9.47 Å². The number of amides is 1. The Morgan fingerprint density at radius 3 is 2.55 bits per heavy atom. The highest BCUT2D eigenvalue weighted by atomic mass is 16.5. The molecule has 0 aliphatic carbocycles. The molecular weight excluding hydrogens is 284 g/mol. The number of carbonyl (C=O) groups is 2. The van der Waals surface area contributed by atoms with Gasteiger partial charge in [0.2, 0.25) is 0 Å². The van der Waals surface area contributed by atoms with E-state index in [0.717, 1.165) is 13.1 Å². The maximum absolute atomic E-state index is 12.2. The predicted octanol–water partition coefficient (Wildman–Crippen LogP) is 0.104. The maximum Gasteiger partial charge on any atom is 0.339 e. The molecule has 0 unspecified atom stereocenters. The minimum Gasteiger partial charge on any atom is -0.465 e. The SMILES string of the molecule is COC(=O)c1ccccc1NC(=O)C[NH+]1C[C@H](C)O[C@@H](C)C1. The van der Waals surface area contributed by atoms with E-state index in [1.54, 1.807) is 24.3 Å². The highest BCUT2D eigenvalue weighted by Gasteiger charge is 2.27. The lowest BCUT2D eigenvalue weighted by atomic mass is 10.1. The molecule has 0 aromatic heterocycles. The van der Waals surface area contributed by atoms with E-state index in [2.05, 4.69) is 5.32 Å². The van der Waals surface area contributed by atoms with Crippen molar-refractivity contribution >= 4 is 17.6 Å². The number of methoxy groups -OCH3 is 1. The molecule has 6 nitrogen and oxygen atoms in total. The Bertz CT molecular complexity index is 537. The quantitative estimate of drug-likeness (QED) is 0.775. The third-order valence-electron chi connectivity index (χ3n) is 3.63.